The molecule has 0 radical (unpaired) electrons. The van der Waals surface area contributed by atoms with Crippen LogP contribution in [0.5, 0.6) is 0 Å². The van der Waals surface area contributed by atoms with Crippen molar-refractivity contribution in [3.8, 4) is 0 Å². The van der Waals surface area contributed by atoms with Crippen LogP contribution in [-0.4, -0.2) is 34.8 Å². The molecule has 1 aromatic carbocycles. The molecule has 0 bridgehead atoms. The minimum Gasteiger partial charge on any atom is -0.334 e. The number of nitrogens with zero attached hydrogens (tertiary/aromatic N) is 3. The standard InChI is InChI=1S/C23H31N3O3S/c1-5-13-25-20(16-26(19-11-12-19)21(27)14-23(2,3)4)15-24-22(25)30(28,29)17-18-9-7-6-8-10-18/h5-10,15,19H,1,11-14,16-17H2,2-4H3. The molecule has 1 amide bonds. The van der Waals surface area contributed by atoms with Crippen molar-refractivity contribution in [1.82, 2.24) is 14.5 Å². The van der Waals surface area contributed by atoms with E-state index in [1.165, 1.54) is 0 Å². The lowest BCUT2D eigenvalue weighted by Crippen LogP contribution is -2.35. The smallest absolute Gasteiger partial charge is 0.228 e. The molecule has 0 unspecified atom stereocenters. The topological polar surface area (TPSA) is 72.3 Å². The van der Waals surface area contributed by atoms with E-state index in [0.29, 0.717) is 25.1 Å². The second kappa shape index (κ2) is 8.76. The van der Waals surface area contributed by atoms with E-state index in [1.54, 1.807) is 29.0 Å². The Morgan fingerprint density at radius 3 is 2.50 bits per heavy atom. The lowest BCUT2D eigenvalue weighted by molar-refractivity contribution is -0.134. The van der Waals surface area contributed by atoms with Crippen LogP contribution in [0.4, 0.5) is 0 Å². The first-order chi connectivity index (χ1) is 14.1. The van der Waals surface area contributed by atoms with Gasteiger partial charge in [-0.25, -0.2) is 13.4 Å². The Bertz CT molecular complexity index is 1000. The second-order valence-electron chi connectivity index (χ2n) is 9.17. The van der Waals surface area contributed by atoms with Crippen LogP contribution in [0.2, 0.25) is 0 Å². The minimum absolute atomic E-state index is 0.0280. The molecule has 1 heterocycles. The Kier molecular flexibility index (Phi) is 6.50. The molecular weight excluding hydrogens is 398 g/mol. The average molecular weight is 430 g/mol. The highest BCUT2D eigenvalue weighted by Gasteiger charge is 2.35. The number of aromatic nitrogens is 2. The van der Waals surface area contributed by atoms with Gasteiger partial charge in [-0.1, -0.05) is 57.2 Å². The Morgan fingerprint density at radius 1 is 1.27 bits per heavy atom. The van der Waals surface area contributed by atoms with Gasteiger partial charge in [0, 0.05) is 19.0 Å². The SMILES string of the molecule is C=CCn1c(CN(C(=O)CC(C)(C)C)C2CC2)cnc1S(=O)(=O)Cc1ccccc1. The van der Waals surface area contributed by atoms with Crippen molar-refractivity contribution in [3.63, 3.8) is 0 Å². The van der Waals surface area contributed by atoms with Gasteiger partial charge in [0.1, 0.15) is 0 Å². The summed E-state index contributed by atoms with van der Waals surface area (Å²) in [6.45, 7) is 10.6. The summed E-state index contributed by atoms with van der Waals surface area (Å²) in [7, 11) is -3.63. The summed E-state index contributed by atoms with van der Waals surface area (Å²) in [6.07, 6.45) is 5.68. The van der Waals surface area contributed by atoms with Crippen molar-refractivity contribution in [2.75, 3.05) is 0 Å². The lowest BCUT2D eigenvalue weighted by atomic mass is 9.91. The molecule has 0 atom stereocenters. The number of benzene rings is 1. The zero-order chi connectivity index (χ0) is 21.9. The molecule has 6 nitrogen and oxygen atoms in total. The van der Waals surface area contributed by atoms with Crippen LogP contribution < -0.4 is 0 Å². The van der Waals surface area contributed by atoms with E-state index >= 15 is 0 Å². The van der Waals surface area contributed by atoms with Crippen molar-refractivity contribution in [3.05, 3.63) is 60.4 Å². The van der Waals surface area contributed by atoms with E-state index in [4.69, 9.17) is 0 Å². The Balaban J connectivity index is 1.88. The Labute approximate surface area is 179 Å². The molecule has 0 aliphatic heterocycles. The van der Waals surface area contributed by atoms with Gasteiger partial charge in [-0.2, -0.15) is 0 Å². The van der Waals surface area contributed by atoms with Gasteiger partial charge < -0.3 is 9.47 Å². The first kappa shape index (κ1) is 22.3. The number of carbonyl (C=O) groups excluding carboxylic acids is 1. The Morgan fingerprint density at radius 2 is 1.93 bits per heavy atom. The molecule has 0 N–H and O–H groups in total. The molecule has 30 heavy (non-hydrogen) atoms. The van der Waals surface area contributed by atoms with Crippen LogP contribution in [0.1, 0.15) is 51.3 Å². The summed E-state index contributed by atoms with van der Waals surface area (Å²) in [4.78, 5) is 19.1. The van der Waals surface area contributed by atoms with Gasteiger partial charge in [-0.3, -0.25) is 4.79 Å². The molecule has 1 aliphatic rings. The van der Waals surface area contributed by atoms with Crippen LogP contribution in [0.3, 0.4) is 0 Å². The number of amides is 1. The highest BCUT2D eigenvalue weighted by molar-refractivity contribution is 7.90. The third-order valence-electron chi connectivity index (χ3n) is 5.01. The molecule has 0 saturated heterocycles. The summed E-state index contributed by atoms with van der Waals surface area (Å²) in [6, 6.07) is 9.31. The van der Waals surface area contributed by atoms with Gasteiger partial charge in [-0.15, -0.1) is 6.58 Å². The number of carbonyl (C=O) groups is 1. The fourth-order valence-electron chi connectivity index (χ4n) is 3.49. The molecule has 2 aromatic rings. The van der Waals surface area contributed by atoms with E-state index in [9.17, 15) is 13.2 Å². The van der Waals surface area contributed by atoms with Crippen LogP contribution in [0.25, 0.3) is 0 Å². The van der Waals surface area contributed by atoms with Crippen LogP contribution >= 0.6 is 0 Å². The highest BCUT2D eigenvalue weighted by Crippen LogP contribution is 2.32. The normalized spacial score (nSPS) is 14.5. The highest BCUT2D eigenvalue weighted by atomic mass is 32.2. The van der Waals surface area contributed by atoms with Crippen LogP contribution in [0.15, 0.2) is 54.3 Å². The maximum Gasteiger partial charge on any atom is 0.228 e. The monoisotopic (exact) mass is 429 g/mol. The largest absolute Gasteiger partial charge is 0.334 e. The predicted molar refractivity (Wildman–Crippen MR) is 117 cm³/mol. The number of imidazole rings is 1. The van der Waals surface area contributed by atoms with Gasteiger partial charge >= 0.3 is 0 Å². The van der Waals surface area contributed by atoms with Gasteiger partial charge in [0.15, 0.2) is 0 Å². The van der Waals surface area contributed by atoms with Gasteiger partial charge in [0.25, 0.3) is 0 Å². The first-order valence-corrected chi connectivity index (χ1v) is 12.0. The third kappa shape index (κ3) is 5.59. The van der Waals surface area contributed by atoms with Gasteiger partial charge in [0.2, 0.25) is 20.9 Å². The van der Waals surface area contributed by atoms with Crippen LogP contribution in [-0.2, 0) is 33.5 Å². The maximum absolute atomic E-state index is 13.1. The summed E-state index contributed by atoms with van der Waals surface area (Å²) in [5.41, 5.74) is 1.33. The summed E-state index contributed by atoms with van der Waals surface area (Å²) in [5, 5.41) is 0.0280. The second-order valence-corrected chi connectivity index (χ2v) is 11.0. The predicted octanol–water partition coefficient (Wildman–Crippen LogP) is 3.97. The summed E-state index contributed by atoms with van der Waals surface area (Å²) < 4.78 is 27.8. The molecule has 162 valence electrons. The van der Waals surface area contributed by atoms with Crippen LogP contribution in [0, 0.1) is 5.41 Å². The quantitative estimate of drug-likeness (QED) is 0.566. The minimum atomic E-state index is -3.63. The van der Waals surface area contributed by atoms with Crippen molar-refractivity contribution < 1.29 is 13.2 Å². The van der Waals surface area contributed by atoms with E-state index < -0.39 is 9.84 Å². The number of sulfone groups is 1. The summed E-state index contributed by atoms with van der Waals surface area (Å²) in [5.74, 6) is -0.0125. The number of rotatable bonds is 9. The number of hydrogen-bond acceptors (Lipinski definition) is 4. The molecule has 7 heteroatoms. The molecule has 3 rings (SSSR count). The Hall–Kier alpha value is -2.41. The molecule has 1 fully saturated rings. The fraction of sp³-hybridized carbons (Fsp3) is 0.478. The summed E-state index contributed by atoms with van der Waals surface area (Å²) >= 11 is 0. The number of hydrogen-bond donors (Lipinski definition) is 0. The van der Waals surface area contributed by atoms with Gasteiger partial charge in [0.05, 0.1) is 24.2 Å². The van der Waals surface area contributed by atoms with Crippen molar-refractivity contribution in [1.29, 1.82) is 0 Å². The lowest BCUT2D eigenvalue weighted by Gasteiger charge is -2.27. The molecule has 1 aliphatic carbocycles. The first-order valence-electron chi connectivity index (χ1n) is 10.3. The van der Waals surface area contributed by atoms with E-state index in [1.807, 2.05) is 43.9 Å². The molecule has 1 saturated carbocycles. The molecule has 0 spiro atoms. The fourth-order valence-corrected chi connectivity index (χ4v) is 4.99. The zero-order valence-electron chi connectivity index (χ0n) is 18.0. The third-order valence-corrected chi connectivity index (χ3v) is 6.61. The average Bonchev–Trinajstić information content (AvgIpc) is 3.40. The maximum atomic E-state index is 13.1. The van der Waals surface area contributed by atoms with E-state index in [0.717, 1.165) is 18.5 Å². The van der Waals surface area contributed by atoms with Gasteiger partial charge in [-0.05, 0) is 23.8 Å². The zero-order valence-corrected chi connectivity index (χ0v) is 18.9. The van der Waals surface area contributed by atoms with Crippen molar-refractivity contribution in [2.45, 2.75) is 70.1 Å². The molecule has 1 aromatic heterocycles. The van der Waals surface area contributed by atoms with Crippen molar-refractivity contribution >= 4 is 15.7 Å². The van der Waals surface area contributed by atoms with E-state index in [2.05, 4.69) is 11.6 Å². The molecular formula is C23H31N3O3S. The van der Waals surface area contributed by atoms with E-state index in [-0.39, 0.29) is 28.3 Å². The van der Waals surface area contributed by atoms with Crippen molar-refractivity contribution in [2.24, 2.45) is 5.41 Å². The number of allylic oxidation sites excluding steroid dienone is 1.